The van der Waals surface area contributed by atoms with E-state index in [0.717, 1.165) is 0 Å². The molecule has 7 N–H and O–H groups in total. The van der Waals surface area contributed by atoms with E-state index in [2.05, 4.69) is 10.6 Å². The van der Waals surface area contributed by atoms with Crippen molar-refractivity contribution in [1.29, 1.82) is 0 Å². The zero-order valence-electron chi connectivity index (χ0n) is 11.8. The highest BCUT2D eigenvalue weighted by atomic mass is 16.4. The van der Waals surface area contributed by atoms with Crippen LogP contribution >= 0.6 is 0 Å². The van der Waals surface area contributed by atoms with Crippen LogP contribution in [0.15, 0.2) is 0 Å². The molecule has 1 unspecified atom stereocenters. The maximum atomic E-state index is 11.7. The normalized spacial score (nSPS) is 11.5. The lowest BCUT2D eigenvalue weighted by molar-refractivity contribution is -0.146. The molecule has 0 fully saturated rings. The van der Waals surface area contributed by atoms with Crippen LogP contribution in [0.3, 0.4) is 0 Å². The number of aliphatic carboxylic acids is 1. The van der Waals surface area contributed by atoms with Crippen LogP contribution in [0.1, 0.15) is 19.3 Å². The molecule has 0 heterocycles. The largest absolute Gasteiger partial charge is 0.481 e. The number of carboxylic acid groups (broad SMARTS) is 1. The first-order chi connectivity index (χ1) is 9.92. The minimum atomic E-state index is -1.24. The Morgan fingerprint density at radius 3 is 2.10 bits per heavy atom. The van der Waals surface area contributed by atoms with Crippen molar-refractivity contribution in [2.24, 2.45) is 17.4 Å². The highest BCUT2D eigenvalue weighted by molar-refractivity contribution is 6.00. The first kappa shape index (κ1) is 19.0. The van der Waals surface area contributed by atoms with Gasteiger partial charge in [0, 0.05) is 13.0 Å². The van der Waals surface area contributed by atoms with Gasteiger partial charge < -0.3 is 27.2 Å². The van der Waals surface area contributed by atoms with Gasteiger partial charge in [0.25, 0.3) is 0 Å². The molecule has 0 aliphatic heterocycles. The predicted molar refractivity (Wildman–Crippen MR) is 74.1 cm³/mol. The van der Waals surface area contributed by atoms with Gasteiger partial charge in [0.05, 0.1) is 13.1 Å². The van der Waals surface area contributed by atoms with Crippen LogP contribution in [-0.4, -0.2) is 54.9 Å². The molecule has 0 aromatic carbocycles. The summed E-state index contributed by atoms with van der Waals surface area (Å²) in [6, 6.07) is 0. The zero-order valence-corrected chi connectivity index (χ0v) is 11.8. The Hall–Kier alpha value is -2.00. The molecule has 120 valence electrons. The molecule has 2 amide bonds. The van der Waals surface area contributed by atoms with Gasteiger partial charge >= 0.3 is 5.97 Å². The number of amides is 2. The molecule has 0 saturated carbocycles. The van der Waals surface area contributed by atoms with Crippen LogP contribution in [-0.2, 0) is 19.2 Å². The topological polar surface area (TPSA) is 165 Å². The van der Waals surface area contributed by atoms with E-state index in [0.29, 0.717) is 6.42 Å². The van der Waals surface area contributed by atoms with Crippen molar-refractivity contribution in [1.82, 2.24) is 10.6 Å². The Morgan fingerprint density at radius 2 is 1.57 bits per heavy atom. The summed E-state index contributed by atoms with van der Waals surface area (Å²) in [5, 5.41) is 13.5. The third-order valence-corrected chi connectivity index (χ3v) is 2.66. The second-order valence-corrected chi connectivity index (χ2v) is 4.38. The lowest BCUT2D eigenvalue weighted by Gasteiger charge is -2.11. The minimum absolute atomic E-state index is 0.104. The highest BCUT2D eigenvalue weighted by Gasteiger charge is 2.25. The Morgan fingerprint density at radius 1 is 0.952 bits per heavy atom. The van der Waals surface area contributed by atoms with Crippen LogP contribution in [0, 0.1) is 5.92 Å². The van der Waals surface area contributed by atoms with Gasteiger partial charge in [-0.15, -0.1) is 0 Å². The van der Waals surface area contributed by atoms with Crippen molar-refractivity contribution in [3.05, 3.63) is 0 Å². The first-order valence-electron chi connectivity index (χ1n) is 6.61. The van der Waals surface area contributed by atoms with Crippen molar-refractivity contribution >= 4 is 23.6 Å². The predicted octanol–water partition coefficient (Wildman–Crippen LogP) is -2.42. The molecular formula is C12H22N4O5. The summed E-state index contributed by atoms with van der Waals surface area (Å²) >= 11 is 0. The molecule has 1 atom stereocenters. The average Bonchev–Trinajstić information content (AvgIpc) is 2.43. The molecular weight excluding hydrogens is 280 g/mol. The molecule has 0 aliphatic rings. The van der Waals surface area contributed by atoms with E-state index in [9.17, 15) is 19.2 Å². The van der Waals surface area contributed by atoms with Crippen LogP contribution < -0.4 is 22.1 Å². The summed E-state index contributed by atoms with van der Waals surface area (Å²) in [4.78, 5) is 45.1. The number of Topliss-reactive ketones (excluding diaryl/α,β-unsaturated/α-hetero) is 1. The molecule has 0 spiro atoms. The quantitative estimate of drug-likeness (QED) is 0.265. The summed E-state index contributed by atoms with van der Waals surface area (Å²) in [5.74, 6) is -3.96. The summed E-state index contributed by atoms with van der Waals surface area (Å²) in [6.07, 6.45) is 0.645. The number of hydrogen-bond acceptors (Lipinski definition) is 6. The van der Waals surface area contributed by atoms with Gasteiger partial charge in [-0.2, -0.15) is 0 Å². The zero-order chi connectivity index (χ0) is 16.3. The Balaban J connectivity index is 4.11. The van der Waals surface area contributed by atoms with E-state index in [1.54, 1.807) is 0 Å². The molecule has 0 saturated heterocycles. The van der Waals surface area contributed by atoms with Crippen molar-refractivity contribution in [2.45, 2.75) is 19.3 Å². The number of carbonyl (C=O) groups is 4. The lowest BCUT2D eigenvalue weighted by Crippen LogP contribution is -2.41. The fourth-order valence-corrected chi connectivity index (χ4v) is 1.51. The second-order valence-electron chi connectivity index (χ2n) is 4.38. The number of carboxylic acids is 1. The molecule has 0 aromatic rings. The molecule has 0 aliphatic carbocycles. The fraction of sp³-hybridized carbons (Fsp3) is 0.667. The Labute approximate surface area is 122 Å². The van der Waals surface area contributed by atoms with Gasteiger partial charge in [-0.25, -0.2) is 0 Å². The van der Waals surface area contributed by atoms with E-state index < -0.39 is 30.1 Å². The molecule has 9 heteroatoms. The minimum Gasteiger partial charge on any atom is -0.481 e. The number of hydrogen-bond donors (Lipinski definition) is 5. The average molecular weight is 302 g/mol. The van der Waals surface area contributed by atoms with E-state index in [4.69, 9.17) is 16.6 Å². The van der Waals surface area contributed by atoms with E-state index in [-0.39, 0.29) is 38.4 Å². The molecule has 0 aromatic heterocycles. The smallest absolute Gasteiger partial charge is 0.314 e. The highest BCUT2D eigenvalue weighted by Crippen LogP contribution is 2.07. The van der Waals surface area contributed by atoms with Gasteiger partial charge in [-0.05, 0) is 19.4 Å². The molecule has 9 nitrogen and oxygen atoms in total. The number of nitrogens with two attached hydrogens (primary N) is 2. The molecule has 0 rings (SSSR count). The SMILES string of the molecule is NCCCC(C(=O)O)C(=O)CNC(=O)CNC(=O)CCN. The van der Waals surface area contributed by atoms with Crippen LogP contribution in [0.5, 0.6) is 0 Å². The van der Waals surface area contributed by atoms with Crippen LogP contribution in [0.25, 0.3) is 0 Å². The van der Waals surface area contributed by atoms with E-state index >= 15 is 0 Å². The first-order valence-corrected chi connectivity index (χ1v) is 6.61. The maximum absolute atomic E-state index is 11.7. The lowest BCUT2D eigenvalue weighted by atomic mass is 9.98. The second kappa shape index (κ2) is 10.7. The number of rotatable bonds is 11. The van der Waals surface area contributed by atoms with Gasteiger partial charge in [0.2, 0.25) is 11.8 Å². The van der Waals surface area contributed by atoms with Crippen molar-refractivity contribution in [3.8, 4) is 0 Å². The Kier molecular flexibility index (Phi) is 9.72. The summed E-state index contributed by atoms with van der Waals surface area (Å²) in [7, 11) is 0. The monoisotopic (exact) mass is 302 g/mol. The Bertz CT molecular complexity index is 386. The maximum Gasteiger partial charge on any atom is 0.314 e. The number of ketones is 1. The van der Waals surface area contributed by atoms with Crippen LogP contribution in [0.2, 0.25) is 0 Å². The van der Waals surface area contributed by atoms with Gasteiger partial charge in [-0.3, -0.25) is 19.2 Å². The fourth-order valence-electron chi connectivity index (χ4n) is 1.51. The van der Waals surface area contributed by atoms with Crippen molar-refractivity contribution in [2.75, 3.05) is 26.2 Å². The summed E-state index contributed by atoms with van der Waals surface area (Å²) < 4.78 is 0. The third kappa shape index (κ3) is 8.71. The summed E-state index contributed by atoms with van der Waals surface area (Å²) in [5.41, 5.74) is 10.4. The van der Waals surface area contributed by atoms with Crippen molar-refractivity contribution in [3.63, 3.8) is 0 Å². The summed E-state index contributed by atoms with van der Waals surface area (Å²) in [6.45, 7) is -0.219. The molecule has 0 bridgehead atoms. The van der Waals surface area contributed by atoms with Gasteiger partial charge in [-0.1, -0.05) is 0 Å². The number of nitrogens with one attached hydrogen (secondary N) is 2. The molecule has 0 radical (unpaired) electrons. The van der Waals surface area contributed by atoms with Crippen molar-refractivity contribution < 1.29 is 24.3 Å². The number of carbonyl (C=O) groups excluding carboxylic acids is 3. The van der Waals surface area contributed by atoms with E-state index in [1.807, 2.05) is 0 Å². The van der Waals surface area contributed by atoms with E-state index in [1.165, 1.54) is 0 Å². The molecule has 21 heavy (non-hydrogen) atoms. The standard InChI is InChI=1S/C12H22N4O5/c13-4-1-2-8(12(20)21)9(17)6-15-11(19)7-16-10(18)3-5-14/h8H,1-7,13-14H2,(H,15,19)(H,16,18)(H,20,21). The van der Waals surface area contributed by atoms with Gasteiger partial charge in [0.1, 0.15) is 5.92 Å². The van der Waals surface area contributed by atoms with Gasteiger partial charge in [0.15, 0.2) is 5.78 Å². The third-order valence-electron chi connectivity index (χ3n) is 2.66. The van der Waals surface area contributed by atoms with Crippen LogP contribution in [0.4, 0.5) is 0 Å².